The Hall–Kier alpha value is -5.08. The lowest BCUT2D eigenvalue weighted by Crippen LogP contribution is -2.12. The average Bonchev–Trinajstić information content (AvgIpc) is 3.13. The molecule has 2 aliphatic carbocycles. The van der Waals surface area contributed by atoms with Crippen LogP contribution in [0.1, 0.15) is 50.8 Å². The van der Waals surface area contributed by atoms with E-state index in [-0.39, 0.29) is 2.85 Å². The molecule has 0 heterocycles. The molecule has 0 radical (unpaired) electrons. The van der Waals surface area contributed by atoms with Crippen LogP contribution >= 0.6 is 0 Å². The summed E-state index contributed by atoms with van der Waals surface area (Å²) >= 11 is 0. The Morgan fingerprint density at radius 2 is 0.630 bits per heavy atom. The molecule has 230 valence electrons. The summed E-state index contributed by atoms with van der Waals surface area (Å²) in [7, 11) is 0. The van der Waals surface area contributed by atoms with Crippen LogP contribution in [0, 0.1) is 0 Å². The van der Waals surface area contributed by atoms with E-state index in [1.807, 2.05) is 0 Å². The Morgan fingerprint density at radius 1 is 0.304 bits per heavy atom. The average molecular weight is 601 g/mol. The quantitative estimate of drug-likeness (QED) is 0.180. The number of benzene rings is 6. The van der Waals surface area contributed by atoms with Gasteiger partial charge in [0.05, 0.1) is 0 Å². The fourth-order valence-electron chi connectivity index (χ4n) is 7.37. The van der Waals surface area contributed by atoms with Gasteiger partial charge in [0, 0.05) is 37.0 Å². The van der Waals surface area contributed by atoms with Crippen molar-refractivity contribution in [2.75, 3.05) is 9.80 Å². The topological polar surface area (TPSA) is 6.48 Å². The van der Waals surface area contributed by atoms with Gasteiger partial charge in [0.15, 0.2) is 0 Å². The molecule has 46 heavy (non-hydrogen) atoms. The molecule has 0 aromatic heterocycles. The van der Waals surface area contributed by atoms with Gasteiger partial charge in [-0.05, 0) is 158 Å². The summed E-state index contributed by atoms with van der Waals surface area (Å²) in [5.74, 6) is 0. The molecule has 0 N–H and O–H groups in total. The smallest absolute Gasteiger partial charge is 0.0464 e. The first-order valence-corrected chi connectivity index (χ1v) is 16.9. The summed E-state index contributed by atoms with van der Waals surface area (Å²) in [5, 5.41) is 0. The zero-order chi connectivity index (χ0) is 30.7. The van der Waals surface area contributed by atoms with E-state index in [1.54, 1.807) is 0 Å². The van der Waals surface area contributed by atoms with Crippen LogP contribution in [0.5, 0.6) is 0 Å². The highest BCUT2D eigenvalue weighted by Crippen LogP contribution is 2.40. The van der Waals surface area contributed by atoms with Gasteiger partial charge in [-0.2, -0.15) is 0 Å². The summed E-state index contributed by atoms with van der Waals surface area (Å²) in [6.45, 7) is 0. The Morgan fingerprint density at radius 3 is 1.02 bits per heavy atom. The molecular weight excluding hydrogens is 556 g/mol. The SMILES string of the molecule is [HH].[HH].c1ccc(N(c2ccc(-c3ccc(N(c4ccccc4)c4ccc5c(c4)CCCC5)cc3)cc2)c2ccc3c(c2)CCCC3)cc1. The predicted molar refractivity (Wildman–Crippen MR) is 199 cm³/mol. The Labute approximate surface area is 276 Å². The molecule has 2 aliphatic rings. The van der Waals surface area contributed by atoms with Gasteiger partial charge in [-0.25, -0.2) is 0 Å². The predicted octanol–water partition coefficient (Wildman–Crippen LogP) is 12.5. The molecule has 0 fully saturated rings. The third-order valence-corrected chi connectivity index (χ3v) is 9.79. The van der Waals surface area contributed by atoms with E-state index in [2.05, 4.69) is 155 Å². The highest BCUT2D eigenvalue weighted by atomic mass is 15.1. The first-order chi connectivity index (χ1) is 22.8. The minimum absolute atomic E-state index is 0. The van der Waals surface area contributed by atoms with Gasteiger partial charge in [0.2, 0.25) is 0 Å². The van der Waals surface area contributed by atoms with Crippen molar-refractivity contribution < 1.29 is 2.85 Å². The van der Waals surface area contributed by atoms with Crippen LogP contribution in [0.2, 0.25) is 0 Å². The standard InChI is InChI=1S/C44H40N2.2H2/c1-3-15-39(16-4-1)45(43-29-23-33-11-7-9-13-37(33)31-43)41-25-19-35(20-26-41)36-21-27-42(28-22-36)46(40-17-5-2-6-18-40)44-30-24-34-12-8-10-14-38(34)32-44;;/h1-6,15-32H,7-14H2;2*1H. The molecule has 6 aromatic carbocycles. The van der Waals surface area contributed by atoms with E-state index in [0.717, 1.165) is 0 Å². The zero-order valence-electron chi connectivity index (χ0n) is 26.4. The second kappa shape index (κ2) is 12.7. The van der Waals surface area contributed by atoms with Crippen LogP contribution in [0.15, 0.2) is 146 Å². The van der Waals surface area contributed by atoms with E-state index >= 15 is 0 Å². The highest BCUT2D eigenvalue weighted by molar-refractivity contribution is 5.81. The van der Waals surface area contributed by atoms with Gasteiger partial charge in [-0.3, -0.25) is 0 Å². The van der Waals surface area contributed by atoms with Crippen molar-refractivity contribution in [2.24, 2.45) is 0 Å². The number of hydrogen-bond donors (Lipinski definition) is 0. The minimum Gasteiger partial charge on any atom is -0.310 e. The molecule has 0 amide bonds. The van der Waals surface area contributed by atoms with Gasteiger partial charge in [0.1, 0.15) is 0 Å². The van der Waals surface area contributed by atoms with E-state index in [0.29, 0.717) is 0 Å². The number of aryl methyl sites for hydroxylation is 4. The van der Waals surface area contributed by atoms with Gasteiger partial charge >= 0.3 is 0 Å². The minimum atomic E-state index is 0. The molecule has 2 nitrogen and oxygen atoms in total. The molecule has 0 atom stereocenters. The first kappa shape index (κ1) is 28.4. The summed E-state index contributed by atoms with van der Waals surface area (Å²) < 4.78 is 0. The lowest BCUT2D eigenvalue weighted by molar-refractivity contribution is 0.685. The van der Waals surface area contributed by atoms with Gasteiger partial charge in [0.25, 0.3) is 0 Å². The maximum Gasteiger partial charge on any atom is 0.0464 e. The number of para-hydroxylation sites is 2. The van der Waals surface area contributed by atoms with E-state index in [4.69, 9.17) is 0 Å². The molecule has 0 saturated heterocycles. The van der Waals surface area contributed by atoms with Crippen molar-refractivity contribution in [2.45, 2.75) is 51.4 Å². The number of hydrogen-bond acceptors (Lipinski definition) is 2. The van der Waals surface area contributed by atoms with Crippen LogP contribution in [0.3, 0.4) is 0 Å². The molecule has 0 spiro atoms. The van der Waals surface area contributed by atoms with Gasteiger partial charge in [-0.15, -0.1) is 0 Å². The maximum atomic E-state index is 2.41. The van der Waals surface area contributed by atoms with Crippen molar-refractivity contribution >= 4 is 34.1 Å². The van der Waals surface area contributed by atoms with Crippen LogP contribution < -0.4 is 9.80 Å². The van der Waals surface area contributed by atoms with Crippen molar-refractivity contribution in [1.29, 1.82) is 0 Å². The maximum absolute atomic E-state index is 2.41. The largest absolute Gasteiger partial charge is 0.310 e. The second-order valence-electron chi connectivity index (χ2n) is 12.8. The third-order valence-electron chi connectivity index (χ3n) is 9.79. The lowest BCUT2D eigenvalue weighted by atomic mass is 9.91. The van der Waals surface area contributed by atoms with Crippen LogP contribution in [0.25, 0.3) is 11.1 Å². The van der Waals surface area contributed by atoms with Crippen molar-refractivity contribution in [3.05, 3.63) is 168 Å². The molecule has 0 bridgehead atoms. The van der Waals surface area contributed by atoms with Gasteiger partial charge in [-0.1, -0.05) is 72.8 Å². The Kier molecular flexibility index (Phi) is 7.86. The molecule has 0 saturated carbocycles. The van der Waals surface area contributed by atoms with E-state index in [1.165, 1.54) is 119 Å². The number of rotatable bonds is 7. The molecule has 0 aliphatic heterocycles. The number of fused-ring (bicyclic) bond motifs is 2. The summed E-state index contributed by atoms with van der Waals surface area (Å²) in [4.78, 5) is 4.77. The van der Waals surface area contributed by atoms with Crippen LogP contribution in [-0.2, 0) is 25.7 Å². The van der Waals surface area contributed by atoms with Crippen molar-refractivity contribution in [3.63, 3.8) is 0 Å². The summed E-state index contributed by atoms with van der Waals surface area (Å²) in [6.07, 6.45) is 9.92. The fraction of sp³-hybridized carbons (Fsp3) is 0.182. The van der Waals surface area contributed by atoms with E-state index in [9.17, 15) is 0 Å². The number of nitrogens with zero attached hydrogens (tertiary/aromatic N) is 2. The van der Waals surface area contributed by atoms with Gasteiger partial charge < -0.3 is 9.80 Å². The molecule has 6 aromatic rings. The molecular formula is C44H44N2. The highest BCUT2D eigenvalue weighted by Gasteiger charge is 2.18. The first-order valence-electron chi connectivity index (χ1n) is 16.9. The summed E-state index contributed by atoms with van der Waals surface area (Å²) in [6, 6.07) is 53.7. The monoisotopic (exact) mass is 600 g/mol. The second-order valence-corrected chi connectivity index (χ2v) is 12.8. The summed E-state index contributed by atoms with van der Waals surface area (Å²) in [5.41, 5.74) is 15.6. The normalized spacial score (nSPS) is 13.8. The Bertz CT molecular complexity index is 1790. The van der Waals surface area contributed by atoms with Crippen molar-refractivity contribution in [1.82, 2.24) is 0 Å². The fourth-order valence-corrected chi connectivity index (χ4v) is 7.37. The zero-order valence-corrected chi connectivity index (χ0v) is 26.4. The van der Waals surface area contributed by atoms with E-state index < -0.39 is 0 Å². The Balaban J connectivity index is 0.00000201. The third kappa shape index (κ3) is 5.72. The molecule has 2 heteroatoms. The van der Waals surface area contributed by atoms with Crippen LogP contribution in [-0.4, -0.2) is 0 Å². The molecule has 0 unspecified atom stereocenters. The lowest BCUT2D eigenvalue weighted by Gasteiger charge is -2.28. The molecule has 8 rings (SSSR count). The van der Waals surface area contributed by atoms with Crippen molar-refractivity contribution in [3.8, 4) is 11.1 Å². The number of anilines is 6. The van der Waals surface area contributed by atoms with Crippen LogP contribution in [0.4, 0.5) is 34.1 Å².